The fourth-order valence-electron chi connectivity index (χ4n) is 2.75. The van der Waals surface area contributed by atoms with Gasteiger partial charge in [0.1, 0.15) is 5.75 Å². The van der Waals surface area contributed by atoms with Crippen LogP contribution in [0, 0.1) is 0 Å². The molecule has 0 spiro atoms. The third kappa shape index (κ3) is 6.36. The van der Waals surface area contributed by atoms with Crippen molar-refractivity contribution in [3.05, 3.63) is 39.7 Å². The third-order valence-corrected chi connectivity index (χ3v) is 5.98. The van der Waals surface area contributed by atoms with E-state index in [0.29, 0.717) is 48.7 Å². The number of carbonyl (C=O) groups excluding carboxylic acids is 1. The lowest BCUT2D eigenvalue weighted by atomic mass is 10.1. The summed E-state index contributed by atoms with van der Waals surface area (Å²) in [6.45, 7) is 3.86. The Hall–Kier alpha value is -1.32. The first-order valence-electron chi connectivity index (χ1n) is 8.40. The number of halogens is 2. The standard InChI is InChI=1S/C17H22Cl2N2O5S/c1-2-27(24,25)20-13-3-6-21(7-4-13)17(23)11-26-16-9-12(5-8-22)14(18)10-15(16)19/h2,9-10,13,20,22H,1,3-8,11H2. The van der Waals surface area contributed by atoms with Crippen LogP contribution >= 0.6 is 23.2 Å². The molecule has 1 aliphatic rings. The minimum atomic E-state index is -3.48. The first-order valence-corrected chi connectivity index (χ1v) is 10.7. The Kier molecular flexibility index (Phi) is 7.93. The van der Waals surface area contributed by atoms with Gasteiger partial charge < -0.3 is 14.7 Å². The van der Waals surface area contributed by atoms with Gasteiger partial charge in [-0.15, -0.1) is 0 Å². The second-order valence-electron chi connectivity index (χ2n) is 6.12. The lowest BCUT2D eigenvalue weighted by Crippen LogP contribution is -2.47. The number of benzene rings is 1. The van der Waals surface area contributed by atoms with Crippen LogP contribution in [-0.4, -0.2) is 56.7 Å². The Morgan fingerprint density at radius 2 is 2.00 bits per heavy atom. The summed E-state index contributed by atoms with van der Waals surface area (Å²) >= 11 is 12.1. The molecule has 2 N–H and O–H groups in total. The van der Waals surface area contributed by atoms with Gasteiger partial charge in [0.2, 0.25) is 10.0 Å². The number of hydrogen-bond acceptors (Lipinski definition) is 5. The fraction of sp³-hybridized carbons (Fsp3) is 0.471. The third-order valence-electron chi connectivity index (χ3n) is 4.23. The zero-order chi connectivity index (χ0) is 20.0. The molecule has 2 rings (SSSR count). The summed E-state index contributed by atoms with van der Waals surface area (Å²) in [7, 11) is -3.48. The van der Waals surface area contributed by atoms with E-state index in [4.69, 9.17) is 33.0 Å². The molecule has 1 aromatic rings. The molecule has 150 valence electrons. The van der Waals surface area contributed by atoms with Crippen LogP contribution in [0.5, 0.6) is 5.75 Å². The molecule has 1 amide bonds. The van der Waals surface area contributed by atoms with E-state index >= 15 is 0 Å². The summed E-state index contributed by atoms with van der Waals surface area (Å²) in [6.07, 6.45) is 1.39. The summed E-state index contributed by atoms with van der Waals surface area (Å²) in [4.78, 5) is 14.0. The van der Waals surface area contributed by atoms with Crippen molar-refractivity contribution in [2.45, 2.75) is 25.3 Å². The largest absolute Gasteiger partial charge is 0.482 e. The normalized spacial score (nSPS) is 15.6. The van der Waals surface area contributed by atoms with Gasteiger partial charge in [-0.3, -0.25) is 4.79 Å². The van der Waals surface area contributed by atoms with E-state index in [1.807, 2.05) is 0 Å². The van der Waals surface area contributed by atoms with Crippen molar-refractivity contribution in [1.82, 2.24) is 9.62 Å². The zero-order valence-electron chi connectivity index (χ0n) is 14.7. The number of carbonyl (C=O) groups is 1. The van der Waals surface area contributed by atoms with Gasteiger partial charge in [0.15, 0.2) is 6.61 Å². The summed E-state index contributed by atoms with van der Waals surface area (Å²) in [5.74, 6) is 0.112. The van der Waals surface area contributed by atoms with E-state index in [1.54, 1.807) is 11.0 Å². The predicted molar refractivity (Wildman–Crippen MR) is 105 cm³/mol. The number of hydrogen-bond donors (Lipinski definition) is 2. The van der Waals surface area contributed by atoms with E-state index in [1.165, 1.54) is 6.07 Å². The molecule has 1 saturated heterocycles. The number of ether oxygens (including phenoxy) is 1. The van der Waals surface area contributed by atoms with Crippen LogP contribution in [-0.2, 0) is 21.2 Å². The lowest BCUT2D eigenvalue weighted by molar-refractivity contribution is -0.134. The van der Waals surface area contributed by atoms with E-state index in [9.17, 15) is 13.2 Å². The molecule has 1 fully saturated rings. The number of amides is 1. The highest BCUT2D eigenvalue weighted by Gasteiger charge is 2.25. The number of aliphatic hydroxyl groups excluding tert-OH is 1. The number of aliphatic hydroxyl groups is 1. The van der Waals surface area contributed by atoms with Crippen molar-refractivity contribution in [3.8, 4) is 5.75 Å². The monoisotopic (exact) mass is 436 g/mol. The number of nitrogens with one attached hydrogen (secondary N) is 1. The maximum absolute atomic E-state index is 12.3. The molecule has 0 unspecified atom stereocenters. The SMILES string of the molecule is C=CS(=O)(=O)NC1CCN(C(=O)COc2cc(CCO)c(Cl)cc2Cl)CC1. The maximum atomic E-state index is 12.3. The number of piperidine rings is 1. The molecule has 7 nitrogen and oxygen atoms in total. The molecule has 0 bridgehead atoms. The first-order chi connectivity index (χ1) is 12.8. The number of sulfonamides is 1. The minimum absolute atomic E-state index is 0.0652. The van der Waals surface area contributed by atoms with Crippen molar-refractivity contribution < 1.29 is 23.1 Å². The summed E-state index contributed by atoms with van der Waals surface area (Å²) in [6, 6.07) is 2.92. The molecule has 0 aliphatic carbocycles. The van der Waals surface area contributed by atoms with Crippen molar-refractivity contribution in [1.29, 1.82) is 0 Å². The Labute approximate surface area is 168 Å². The van der Waals surface area contributed by atoms with Crippen molar-refractivity contribution in [2.75, 3.05) is 26.3 Å². The smallest absolute Gasteiger partial charge is 0.260 e. The molecular formula is C17H22Cl2N2O5S. The van der Waals surface area contributed by atoms with E-state index < -0.39 is 10.0 Å². The molecule has 1 heterocycles. The topological polar surface area (TPSA) is 95.9 Å². The molecule has 0 saturated carbocycles. The van der Waals surface area contributed by atoms with Gasteiger partial charge in [-0.05, 0) is 37.0 Å². The lowest BCUT2D eigenvalue weighted by Gasteiger charge is -2.32. The second-order valence-corrected chi connectivity index (χ2v) is 8.59. The van der Waals surface area contributed by atoms with E-state index in [2.05, 4.69) is 11.3 Å². The van der Waals surface area contributed by atoms with Crippen LogP contribution in [0.25, 0.3) is 0 Å². The van der Waals surface area contributed by atoms with Gasteiger partial charge in [0.25, 0.3) is 5.91 Å². The summed E-state index contributed by atoms with van der Waals surface area (Å²) in [5, 5.41) is 10.6. The number of rotatable bonds is 8. The van der Waals surface area contributed by atoms with Crippen LogP contribution in [0.4, 0.5) is 0 Å². The van der Waals surface area contributed by atoms with Gasteiger partial charge in [-0.2, -0.15) is 0 Å². The Morgan fingerprint density at radius 1 is 1.33 bits per heavy atom. The maximum Gasteiger partial charge on any atom is 0.260 e. The van der Waals surface area contributed by atoms with Crippen LogP contribution in [0.15, 0.2) is 24.1 Å². The number of likely N-dealkylation sites (tertiary alicyclic amines) is 1. The average molecular weight is 437 g/mol. The molecule has 27 heavy (non-hydrogen) atoms. The minimum Gasteiger partial charge on any atom is -0.482 e. The highest BCUT2D eigenvalue weighted by molar-refractivity contribution is 7.92. The molecule has 0 radical (unpaired) electrons. The van der Waals surface area contributed by atoms with E-state index in [-0.39, 0.29) is 30.2 Å². The fourth-order valence-corrected chi connectivity index (χ4v) is 4.08. The number of nitrogens with zero attached hydrogens (tertiary/aromatic N) is 1. The Bertz CT molecular complexity index is 793. The molecular weight excluding hydrogens is 415 g/mol. The van der Waals surface area contributed by atoms with Gasteiger partial charge in [-0.1, -0.05) is 29.8 Å². The van der Waals surface area contributed by atoms with Crippen LogP contribution in [0.2, 0.25) is 10.0 Å². The van der Waals surface area contributed by atoms with Gasteiger partial charge in [0.05, 0.1) is 5.02 Å². The van der Waals surface area contributed by atoms with Gasteiger partial charge in [0, 0.05) is 36.2 Å². The summed E-state index contributed by atoms with van der Waals surface area (Å²) < 4.78 is 31.1. The Balaban J connectivity index is 1.88. The predicted octanol–water partition coefficient (Wildman–Crippen LogP) is 1.96. The zero-order valence-corrected chi connectivity index (χ0v) is 17.0. The quantitative estimate of drug-likeness (QED) is 0.649. The summed E-state index contributed by atoms with van der Waals surface area (Å²) in [5.41, 5.74) is 0.682. The van der Waals surface area contributed by atoms with Crippen LogP contribution in [0.3, 0.4) is 0 Å². The molecule has 1 aliphatic heterocycles. The average Bonchev–Trinajstić information content (AvgIpc) is 2.63. The second kappa shape index (κ2) is 9.75. The molecule has 0 atom stereocenters. The van der Waals surface area contributed by atoms with E-state index in [0.717, 1.165) is 5.41 Å². The molecule has 1 aromatic carbocycles. The molecule has 0 aromatic heterocycles. The van der Waals surface area contributed by atoms with Crippen LogP contribution in [0.1, 0.15) is 18.4 Å². The highest BCUT2D eigenvalue weighted by Crippen LogP contribution is 2.31. The Morgan fingerprint density at radius 3 is 2.59 bits per heavy atom. The van der Waals surface area contributed by atoms with Crippen molar-refractivity contribution >= 4 is 39.1 Å². The van der Waals surface area contributed by atoms with Crippen molar-refractivity contribution in [2.24, 2.45) is 0 Å². The van der Waals surface area contributed by atoms with Crippen molar-refractivity contribution in [3.63, 3.8) is 0 Å². The van der Waals surface area contributed by atoms with Gasteiger partial charge >= 0.3 is 0 Å². The highest BCUT2D eigenvalue weighted by atomic mass is 35.5. The van der Waals surface area contributed by atoms with Crippen LogP contribution < -0.4 is 9.46 Å². The first kappa shape index (κ1) is 22.0. The van der Waals surface area contributed by atoms with Gasteiger partial charge in [-0.25, -0.2) is 13.1 Å². The molecule has 10 heteroatoms.